The number of ether oxygens (including phenoxy) is 1. The molecule has 3 aromatic carbocycles. The number of aryl methyl sites for hydroxylation is 2. The van der Waals surface area contributed by atoms with Gasteiger partial charge < -0.3 is 26.4 Å². The van der Waals surface area contributed by atoms with Gasteiger partial charge in [0.2, 0.25) is 5.91 Å². The molecule has 9 nitrogen and oxygen atoms in total. The highest BCUT2D eigenvalue weighted by atomic mass is 32.1. The van der Waals surface area contributed by atoms with Crippen LogP contribution in [0.3, 0.4) is 0 Å². The summed E-state index contributed by atoms with van der Waals surface area (Å²) in [7, 11) is 0. The predicted octanol–water partition coefficient (Wildman–Crippen LogP) is 4.91. The third kappa shape index (κ3) is 7.65. The number of para-hydroxylation sites is 1. The van der Waals surface area contributed by atoms with Gasteiger partial charge in [0.1, 0.15) is 16.4 Å². The summed E-state index contributed by atoms with van der Waals surface area (Å²) in [6, 6.07) is 24.6. The highest BCUT2D eigenvalue weighted by Gasteiger charge is 2.19. The van der Waals surface area contributed by atoms with Crippen LogP contribution < -0.4 is 26.4 Å². The van der Waals surface area contributed by atoms with Gasteiger partial charge in [-0.3, -0.25) is 15.0 Å². The van der Waals surface area contributed by atoms with Crippen molar-refractivity contribution in [2.45, 2.75) is 26.3 Å². The number of rotatable bonds is 10. The lowest BCUT2D eigenvalue weighted by Gasteiger charge is -2.08. The van der Waals surface area contributed by atoms with Gasteiger partial charge in [0, 0.05) is 19.2 Å². The second-order valence-electron chi connectivity index (χ2n) is 8.45. The van der Waals surface area contributed by atoms with E-state index < -0.39 is 0 Å². The summed E-state index contributed by atoms with van der Waals surface area (Å²) in [5.74, 6) is 0.840. The van der Waals surface area contributed by atoms with Gasteiger partial charge >= 0.3 is 0 Å². The van der Waals surface area contributed by atoms with E-state index >= 15 is 0 Å². The summed E-state index contributed by atoms with van der Waals surface area (Å²) in [6.45, 7) is 1.74. The van der Waals surface area contributed by atoms with Crippen LogP contribution in [0.4, 0.5) is 10.8 Å². The third-order valence-electron chi connectivity index (χ3n) is 5.43. The molecule has 0 aliphatic carbocycles. The SMILES string of the molecule is CC(=O)Nc1nc(CCc2ccc(NC(=N)N)cc2)c(C(=O)NCc2ccc(Oc3ccccc3)cc2)s1. The van der Waals surface area contributed by atoms with E-state index in [1.165, 1.54) is 6.92 Å². The lowest BCUT2D eigenvalue weighted by molar-refractivity contribution is -0.114. The fourth-order valence-electron chi connectivity index (χ4n) is 3.64. The smallest absolute Gasteiger partial charge is 0.263 e. The summed E-state index contributed by atoms with van der Waals surface area (Å²) >= 11 is 1.16. The fraction of sp³-hybridized carbons (Fsp3) is 0.143. The number of nitrogens with zero attached hydrogens (tertiary/aromatic N) is 1. The Morgan fingerprint density at radius 2 is 1.55 bits per heavy atom. The number of thiazole rings is 1. The predicted molar refractivity (Wildman–Crippen MR) is 150 cm³/mol. The van der Waals surface area contributed by atoms with Crippen molar-refractivity contribution in [2.75, 3.05) is 10.6 Å². The quantitative estimate of drug-likeness (QED) is 0.146. The molecular formula is C28H28N6O3S. The number of aromatic nitrogens is 1. The van der Waals surface area contributed by atoms with Gasteiger partial charge in [0.05, 0.1) is 5.69 Å². The van der Waals surface area contributed by atoms with Gasteiger partial charge in [-0.25, -0.2) is 4.98 Å². The van der Waals surface area contributed by atoms with E-state index in [4.69, 9.17) is 15.9 Å². The van der Waals surface area contributed by atoms with Crippen LogP contribution >= 0.6 is 11.3 Å². The Hall–Kier alpha value is -4.70. The van der Waals surface area contributed by atoms with E-state index in [9.17, 15) is 9.59 Å². The summed E-state index contributed by atoms with van der Waals surface area (Å²) in [5.41, 5.74) is 8.67. The molecule has 0 unspecified atom stereocenters. The molecule has 4 aromatic rings. The van der Waals surface area contributed by atoms with Gasteiger partial charge in [0.15, 0.2) is 11.1 Å². The average Bonchev–Trinajstić information content (AvgIpc) is 3.30. The molecule has 194 valence electrons. The maximum atomic E-state index is 13.1. The Morgan fingerprint density at radius 3 is 2.21 bits per heavy atom. The normalized spacial score (nSPS) is 10.4. The highest BCUT2D eigenvalue weighted by molar-refractivity contribution is 7.17. The molecule has 0 aliphatic rings. The molecule has 0 radical (unpaired) electrons. The molecule has 0 atom stereocenters. The summed E-state index contributed by atoms with van der Waals surface area (Å²) in [6.07, 6.45) is 1.16. The van der Waals surface area contributed by atoms with E-state index in [1.807, 2.05) is 78.9 Å². The largest absolute Gasteiger partial charge is 0.457 e. The van der Waals surface area contributed by atoms with Crippen molar-refractivity contribution in [2.24, 2.45) is 5.73 Å². The molecule has 38 heavy (non-hydrogen) atoms. The van der Waals surface area contributed by atoms with Crippen LogP contribution in [-0.4, -0.2) is 22.8 Å². The highest BCUT2D eigenvalue weighted by Crippen LogP contribution is 2.25. The topological polar surface area (TPSA) is 142 Å². The Bertz CT molecular complexity index is 1400. The molecule has 0 saturated heterocycles. The number of carbonyl (C=O) groups is 2. The number of nitrogens with two attached hydrogens (primary N) is 1. The molecule has 0 fully saturated rings. The zero-order valence-corrected chi connectivity index (χ0v) is 21.6. The van der Waals surface area contributed by atoms with Crippen LogP contribution in [0.1, 0.15) is 33.4 Å². The Balaban J connectivity index is 1.39. The Kier molecular flexibility index (Phi) is 8.68. The van der Waals surface area contributed by atoms with Gasteiger partial charge in [-0.05, 0) is 60.4 Å². The summed E-state index contributed by atoms with van der Waals surface area (Å²) in [4.78, 5) is 29.6. The number of guanidine groups is 1. The minimum atomic E-state index is -0.250. The first kappa shape index (κ1) is 26.4. The van der Waals surface area contributed by atoms with E-state index in [1.54, 1.807) is 0 Å². The van der Waals surface area contributed by atoms with E-state index in [-0.39, 0.29) is 17.8 Å². The number of anilines is 2. The van der Waals surface area contributed by atoms with Crippen molar-refractivity contribution in [1.82, 2.24) is 10.3 Å². The Labute approximate surface area is 224 Å². The molecule has 6 N–H and O–H groups in total. The molecule has 0 spiro atoms. The lowest BCUT2D eigenvalue weighted by atomic mass is 10.1. The molecule has 1 aromatic heterocycles. The van der Waals surface area contributed by atoms with Crippen molar-refractivity contribution >= 4 is 39.9 Å². The molecule has 1 heterocycles. The molecule has 0 bridgehead atoms. The minimum Gasteiger partial charge on any atom is -0.457 e. The average molecular weight is 529 g/mol. The second kappa shape index (κ2) is 12.5. The van der Waals surface area contributed by atoms with Crippen LogP contribution in [-0.2, 0) is 24.2 Å². The summed E-state index contributed by atoms with van der Waals surface area (Å²) < 4.78 is 5.82. The van der Waals surface area contributed by atoms with Gasteiger partial charge in [-0.2, -0.15) is 0 Å². The molecule has 2 amide bonds. The molecule has 0 aliphatic heterocycles. The Morgan fingerprint density at radius 1 is 0.895 bits per heavy atom. The number of hydrogen-bond acceptors (Lipinski definition) is 6. The molecule has 4 rings (SSSR count). The van der Waals surface area contributed by atoms with Gasteiger partial charge in [-0.1, -0.05) is 53.8 Å². The maximum absolute atomic E-state index is 13.1. The van der Waals surface area contributed by atoms with Crippen LogP contribution in [0.15, 0.2) is 78.9 Å². The van der Waals surface area contributed by atoms with Crippen LogP contribution in [0.5, 0.6) is 11.5 Å². The second-order valence-corrected chi connectivity index (χ2v) is 9.45. The van der Waals surface area contributed by atoms with E-state index in [2.05, 4.69) is 20.9 Å². The standard InChI is InChI=1S/C28H28N6O3S/c1-18(35)32-28-34-24(16-11-19-7-12-21(13-8-19)33-27(29)30)25(38-28)26(36)31-17-20-9-14-23(15-10-20)37-22-5-3-2-4-6-22/h2-10,12-15H,11,16-17H2,1H3,(H,31,36)(H4,29,30,33)(H,32,34,35). The summed E-state index contributed by atoms with van der Waals surface area (Å²) in [5, 5.41) is 16.1. The lowest BCUT2D eigenvalue weighted by Crippen LogP contribution is -2.23. The zero-order chi connectivity index (χ0) is 26.9. The van der Waals surface area contributed by atoms with Crippen molar-refractivity contribution < 1.29 is 14.3 Å². The monoisotopic (exact) mass is 528 g/mol. The first-order valence-electron chi connectivity index (χ1n) is 11.9. The van der Waals surface area contributed by atoms with E-state index in [0.717, 1.165) is 33.9 Å². The van der Waals surface area contributed by atoms with Crippen molar-refractivity contribution in [3.8, 4) is 11.5 Å². The fourth-order valence-corrected chi connectivity index (χ4v) is 4.61. The number of benzene rings is 3. The number of nitrogens with one attached hydrogen (secondary N) is 4. The number of carbonyl (C=O) groups excluding carboxylic acids is 2. The first-order valence-corrected chi connectivity index (χ1v) is 12.7. The molecule has 0 saturated carbocycles. The first-order chi connectivity index (χ1) is 18.4. The van der Waals surface area contributed by atoms with Crippen LogP contribution in [0.25, 0.3) is 0 Å². The van der Waals surface area contributed by atoms with Gasteiger partial charge in [-0.15, -0.1) is 0 Å². The molecular weight excluding hydrogens is 500 g/mol. The van der Waals surface area contributed by atoms with Crippen molar-refractivity contribution in [3.63, 3.8) is 0 Å². The van der Waals surface area contributed by atoms with Crippen LogP contribution in [0, 0.1) is 5.41 Å². The minimum absolute atomic E-state index is 0.127. The third-order valence-corrected chi connectivity index (χ3v) is 6.44. The number of amides is 2. The maximum Gasteiger partial charge on any atom is 0.263 e. The number of hydrogen-bond donors (Lipinski definition) is 5. The van der Waals surface area contributed by atoms with E-state index in [0.29, 0.717) is 40.8 Å². The van der Waals surface area contributed by atoms with Crippen LogP contribution in [0.2, 0.25) is 0 Å². The molecule has 10 heteroatoms. The zero-order valence-electron chi connectivity index (χ0n) is 20.8. The van der Waals surface area contributed by atoms with Gasteiger partial charge in [0.25, 0.3) is 5.91 Å². The van der Waals surface area contributed by atoms with Crippen molar-refractivity contribution in [1.29, 1.82) is 5.41 Å². The van der Waals surface area contributed by atoms with Crippen molar-refractivity contribution in [3.05, 3.63) is 101 Å².